The van der Waals surface area contributed by atoms with Gasteiger partial charge in [0.2, 0.25) is 0 Å². The van der Waals surface area contributed by atoms with Crippen LogP contribution in [0.25, 0.3) is 0 Å². The number of hydrogen-bond acceptors (Lipinski definition) is 4. The third-order valence-corrected chi connectivity index (χ3v) is 18.0. The average Bonchev–Trinajstić information content (AvgIpc) is 3.19. The molecule has 1 rings (SSSR count). The quantitative estimate of drug-likeness (QED) is 0.296. The summed E-state index contributed by atoms with van der Waals surface area (Å²) < 4.78 is 23.3. The van der Waals surface area contributed by atoms with Gasteiger partial charge in [0.1, 0.15) is 16.6 Å². The Kier molecular flexibility index (Phi) is 8.21. The summed E-state index contributed by atoms with van der Waals surface area (Å²) in [5, 5.41) is 0. The molecule has 4 nitrogen and oxygen atoms in total. The lowest BCUT2D eigenvalue weighted by Crippen LogP contribution is -2.45. The molecule has 1 unspecified atom stereocenters. The smallest absolute Gasteiger partial charge is 0.173 e. The molecule has 0 aliphatic carbocycles. The first kappa shape index (κ1) is 20.8. The molecule has 8 heteroatoms. The predicted molar refractivity (Wildman–Crippen MR) is 104 cm³/mol. The molecule has 0 spiro atoms. The van der Waals surface area contributed by atoms with Crippen LogP contribution in [0.15, 0.2) is 0 Å². The molecule has 0 bridgehead atoms. The maximum atomic E-state index is 6.68. The first-order valence-electron chi connectivity index (χ1n) is 8.50. The first-order chi connectivity index (χ1) is 10.1. The Morgan fingerprint density at radius 3 is 2.05 bits per heavy atom. The minimum absolute atomic E-state index is 0.379. The van der Waals surface area contributed by atoms with Crippen LogP contribution >= 0.6 is 0 Å². The second-order valence-electron chi connectivity index (χ2n) is 8.22. The third-order valence-electron chi connectivity index (χ3n) is 4.21. The van der Waals surface area contributed by atoms with E-state index in [4.69, 9.17) is 17.7 Å². The Morgan fingerprint density at radius 1 is 0.955 bits per heavy atom. The minimum Gasteiger partial charge on any atom is -0.463 e. The highest BCUT2D eigenvalue weighted by Gasteiger charge is 2.34. The summed E-state index contributed by atoms with van der Waals surface area (Å²) in [6.07, 6.45) is 1.49. The standard InChI is InChI=1S/C14H36O4Si4/c1-20(2,17-19)10-11-22(5,6)18-21(3,4)9-7-8-15-12-14-13-16-14/h14H,7-13H2,1-6,19H3. The monoisotopic (exact) mass is 380 g/mol. The Labute approximate surface area is 143 Å². The van der Waals surface area contributed by atoms with Crippen LogP contribution in [0.2, 0.25) is 57.4 Å². The SMILES string of the molecule is C[Si](C)(CC[Si](C)(C)O[Si](C)(C)CCCOCC1CO1)O[SiH3]. The molecule has 1 aliphatic rings. The van der Waals surface area contributed by atoms with Crippen LogP contribution in [0.4, 0.5) is 0 Å². The summed E-state index contributed by atoms with van der Waals surface area (Å²) in [6.45, 7) is 16.6. The lowest BCUT2D eigenvalue weighted by Gasteiger charge is -2.35. The van der Waals surface area contributed by atoms with Crippen LogP contribution in [0.3, 0.4) is 0 Å². The lowest BCUT2D eigenvalue weighted by molar-refractivity contribution is 0.116. The summed E-state index contributed by atoms with van der Waals surface area (Å²) in [6, 6.07) is 3.66. The van der Waals surface area contributed by atoms with Gasteiger partial charge in [-0.25, -0.2) is 0 Å². The van der Waals surface area contributed by atoms with Gasteiger partial charge in [-0.15, -0.1) is 0 Å². The van der Waals surface area contributed by atoms with Crippen LogP contribution < -0.4 is 0 Å². The van der Waals surface area contributed by atoms with E-state index in [9.17, 15) is 0 Å². The molecular formula is C14H36O4Si4. The highest BCUT2D eigenvalue weighted by atomic mass is 28.4. The number of hydrogen-bond donors (Lipinski definition) is 0. The molecule has 1 saturated heterocycles. The summed E-state index contributed by atoms with van der Waals surface area (Å²) in [4.78, 5) is 0. The molecule has 0 N–H and O–H groups in total. The molecular weight excluding hydrogens is 344 g/mol. The zero-order chi connectivity index (χ0) is 16.9. The molecule has 0 aromatic heterocycles. The van der Waals surface area contributed by atoms with Crippen molar-refractivity contribution in [3.63, 3.8) is 0 Å². The topological polar surface area (TPSA) is 40.2 Å². The summed E-state index contributed by atoms with van der Waals surface area (Å²) in [5.41, 5.74) is 0. The van der Waals surface area contributed by atoms with E-state index >= 15 is 0 Å². The Hall–Kier alpha value is 0.708. The predicted octanol–water partition coefficient (Wildman–Crippen LogP) is 2.72. The van der Waals surface area contributed by atoms with Crippen molar-refractivity contribution in [3.8, 4) is 0 Å². The van der Waals surface area contributed by atoms with Crippen LogP contribution in [0, 0.1) is 0 Å². The van der Waals surface area contributed by atoms with Crippen LogP contribution in [0.1, 0.15) is 6.42 Å². The molecule has 0 aromatic carbocycles. The highest BCUT2D eigenvalue weighted by Crippen LogP contribution is 2.26. The fourth-order valence-electron chi connectivity index (χ4n) is 2.53. The van der Waals surface area contributed by atoms with E-state index in [0.29, 0.717) is 6.10 Å². The molecule has 22 heavy (non-hydrogen) atoms. The normalized spacial score (nSPS) is 19.6. The largest absolute Gasteiger partial charge is 0.463 e. The zero-order valence-corrected chi connectivity index (χ0v) is 20.7. The second-order valence-corrected chi connectivity index (χ2v) is 22.7. The summed E-state index contributed by atoms with van der Waals surface area (Å²) in [7, 11) is -3.68. The van der Waals surface area contributed by atoms with E-state index in [0.717, 1.165) is 36.7 Å². The minimum atomic E-state index is -1.57. The van der Waals surface area contributed by atoms with Crippen LogP contribution in [-0.2, 0) is 17.7 Å². The molecule has 1 aliphatic heterocycles. The van der Waals surface area contributed by atoms with E-state index < -0.39 is 25.0 Å². The number of rotatable bonds is 12. The van der Waals surface area contributed by atoms with Gasteiger partial charge in [0.25, 0.3) is 0 Å². The van der Waals surface area contributed by atoms with Gasteiger partial charge < -0.3 is 17.7 Å². The van der Waals surface area contributed by atoms with Gasteiger partial charge in [-0.05, 0) is 63.8 Å². The van der Waals surface area contributed by atoms with Gasteiger partial charge in [0, 0.05) is 6.61 Å². The fourth-order valence-corrected chi connectivity index (χ4v) is 16.0. The Bertz CT molecular complexity index is 333. The maximum Gasteiger partial charge on any atom is 0.173 e. The number of ether oxygens (including phenoxy) is 2. The van der Waals surface area contributed by atoms with Gasteiger partial charge in [0.15, 0.2) is 25.0 Å². The van der Waals surface area contributed by atoms with E-state index in [-0.39, 0.29) is 0 Å². The molecule has 0 amide bonds. The van der Waals surface area contributed by atoms with Gasteiger partial charge in [-0.3, -0.25) is 0 Å². The van der Waals surface area contributed by atoms with E-state index in [1.54, 1.807) is 0 Å². The van der Waals surface area contributed by atoms with Crippen LogP contribution in [-0.4, -0.2) is 61.4 Å². The maximum absolute atomic E-state index is 6.68. The first-order valence-corrected chi connectivity index (χ1v) is 18.7. The molecule has 0 radical (unpaired) electrons. The second kappa shape index (κ2) is 8.70. The van der Waals surface area contributed by atoms with Crippen molar-refractivity contribution in [1.29, 1.82) is 0 Å². The van der Waals surface area contributed by atoms with E-state index in [1.807, 2.05) is 0 Å². The average molecular weight is 381 g/mol. The third kappa shape index (κ3) is 9.76. The molecule has 132 valence electrons. The number of epoxide rings is 1. The molecule has 1 atom stereocenters. The van der Waals surface area contributed by atoms with Crippen molar-refractivity contribution in [1.82, 2.24) is 0 Å². The van der Waals surface area contributed by atoms with Crippen molar-refractivity contribution in [3.05, 3.63) is 0 Å². The highest BCUT2D eigenvalue weighted by molar-refractivity contribution is 6.86. The zero-order valence-electron chi connectivity index (χ0n) is 15.7. The van der Waals surface area contributed by atoms with Gasteiger partial charge in [-0.2, -0.15) is 0 Å². The molecule has 1 heterocycles. The van der Waals surface area contributed by atoms with Crippen molar-refractivity contribution in [2.24, 2.45) is 0 Å². The Morgan fingerprint density at radius 2 is 1.50 bits per heavy atom. The molecule has 0 aromatic rings. The van der Waals surface area contributed by atoms with E-state index in [1.165, 1.54) is 18.1 Å². The van der Waals surface area contributed by atoms with Crippen molar-refractivity contribution >= 4 is 35.4 Å². The van der Waals surface area contributed by atoms with Crippen LogP contribution in [0.5, 0.6) is 0 Å². The summed E-state index contributed by atoms with van der Waals surface area (Å²) in [5.74, 6) is 0. The van der Waals surface area contributed by atoms with E-state index in [2.05, 4.69) is 39.3 Å². The summed E-state index contributed by atoms with van der Waals surface area (Å²) >= 11 is 0. The van der Waals surface area contributed by atoms with Crippen molar-refractivity contribution < 1.29 is 17.7 Å². The van der Waals surface area contributed by atoms with Crippen molar-refractivity contribution in [2.75, 3.05) is 19.8 Å². The fraction of sp³-hybridized carbons (Fsp3) is 1.00. The van der Waals surface area contributed by atoms with Gasteiger partial charge >= 0.3 is 0 Å². The molecule has 1 fully saturated rings. The Balaban J connectivity index is 2.24. The van der Waals surface area contributed by atoms with Gasteiger partial charge in [0.05, 0.1) is 13.2 Å². The van der Waals surface area contributed by atoms with Gasteiger partial charge in [-0.1, -0.05) is 0 Å². The lowest BCUT2D eigenvalue weighted by atomic mass is 10.5. The molecule has 0 saturated carbocycles. The van der Waals surface area contributed by atoms with Crippen molar-refractivity contribution in [2.45, 2.75) is 69.9 Å².